The molecule has 162 valence electrons. The lowest BCUT2D eigenvalue weighted by Gasteiger charge is -2.21. The van der Waals surface area contributed by atoms with Gasteiger partial charge in [-0.1, -0.05) is 41.9 Å². The molecular formula is C24H23ClN6O. The SMILES string of the molecule is COc1cc(N(C)c2nc(N)c3c(n2)[C@@H](c2ccccc2)CC3)ccc1-n1cnc(Cl)c1. The second kappa shape index (κ2) is 8.16. The van der Waals surface area contributed by atoms with Crippen molar-refractivity contribution in [1.29, 1.82) is 0 Å². The monoisotopic (exact) mass is 446 g/mol. The van der Waals surface area contributed by atoms with Crippen LogP contribution in [0.3, 0.4) is 0 Å². The summed E-state index contributed by atoms with van der Waals surface area (Å²) in [4.78, 5) is 15.6. The summed E-state index contributed by atoms with van der Waals surface area (Å²) in [5, 5.41) is 0.420. The fourth-order valence-corrected chi connectivity index (χ4v) is 4.42. The van der Waals surface area contributed by atoms with Crippen LogP contribution in [0.2, 0.25) is 5.15 Å². The lowest BCUT2D eigenvalue weighted by molar-refractivity contribution is 0.413. The largest absolute Gasteiger partial charge is 0.494 e. The predicted octanol–water partition coefficient (Wildman–Crippen LogP) is 4.75. The standard InChI is InChI=1S/C24H23ClN6O/c1-30(16-8-11-19(20(12-16)32-2)31-13-21(25)27-14-31)24-28-22-17(15-6-4-3-5-7-15)9-10-18(22)23(26)29-24/h3-8,11-14,17H,9-10H2,1-2H3,(H2,26,28,29)/t17-/m1/s1. The van der Waals surface area contributed by atoms with E-state index in [4.69, 9.17) is 27.1 Å². The molecule has 0 saturated carbocycles. The summed E-state index contributed by atoms with van der Waals surface area (Å²) < 4.78 is 7.44. The van der Waals surface area contributed by atoms with Gasteiger partial charge in [0.25, 0.3) is 0 Å². The van der Waals surface area contributed by atoms with Gasteiger partial charge in [0.15, 0.2) is 0 Å². The predicted molar refractivity (Wildman–Crippen MR) is 126 cm³/mol. The first-order chi connectivity index (χ1) is 15.5. The summed E-state index contributed by atoms with van der Waals surface area (Å²) in [6.07, 6.45) is 5.26. The molecule has 8 heteroatoms. The number of hydrogen-bond donors (Lipinski definition) is 1. The van der Waals surface area contributed by atoms with Crippen LogP contribution < -0.4 is 15.4 Å². The van der Waals surface area contributed by atoms with Crippen LogP contribution in [-0.4, -0.2) is 33.7 Å². The van der Waals surface area contributed by atoms with Crippen molar-refractivity contribution in [2.75, 3.05) is 24.8 Å². The molecule has 0 radical (unpaired) electrons. The van der Waals surface area contributed by atoms with E-state index in [-0.39, 0.29) is 5.92 Å². The highest BCUT2D eigenvalue weighted by molar-refractivity contribution is 6.29. The number of halogens is 1. The lowest BCUT2D eigenvalue weighted by atomic mass is 9.97. The van der Waals surface area contributed by atoms with Crippen LogP contribution in [0.4, 0.5) is 17.5 Å². The van der Waals surface area contributed by atoms with Gasteiger partial charge in [0.2, 0.25) is 5.95 Å². The highest BCUT2D eigenvalue weighted by Crippen LogP contribution is 2.40. The quantitative estimate of drug-likeness (QED) is 0.476. The molecule has 1 aliphatic rings. The Bertz CT molecular complexity index is 1270. The number of benzene rings is 2. The van der Waals surface area contributed by atoms with Gasteiger partial charge in [-0.3, -0.25) is 0 Å². The molecule has 2 aromatic heterocycles. The Labute approximate surface area is 191 Å². The average molecular weight is 447 g/mol. The molecule has 32 heavy (non-hydrogen) atoms. The smallest absolute Gasteiger partial charge is 0.231 e. The van der Waals surface area contributed by atoms with Gasteiger partial charge in [-0.25, -0.2) is 9.97 Å². The van der Waals surface area contributed by atoms with E-state index >= 15 is 0 Å². The van der Waals surface area contributed by atoms with E-state index in [2.05, 4.69) is 34.2 Å². The van der Waals surface area contributed by atoms with Crippen molar-refractivity contribution in [2.24, 2.45) is 0 Å². The molecule has 1 aliphatic carbocycles. The molecule has 2 aromatic carbocycles. The van der Waals surface area contributed by atoms with Crippen LogP contribution in [-0.2, 0) is 6.42 Å². The number of fused-ring (bicyclic) bond motifs is 1. The summed E-state index contributed by atoms with van der Waals surface area (Å²) in [6, 6.07) is 16.3. The summed E-state index contributed by atoms with van der Waals surface area (Å²) in [5.74, 6) is 2.02. The molecule has 2 N–H and O–H groups in total. The molecule has 0 bridgehead atoms. The Kier molecular flexibility index (Phi) is 5.19. The first kappa shape index (κ1) is 20.3. The molecule has 0 amide bonds. The van der Waals surface area contributed by atoms with Gasteiger partial charge in [0, 0.05) is 36.5 Å². The maximum atomic E-state index is 6.36. The van der Waals surface area contributed by atoms with Crippen LogP contribution in [0.5, 0.6) is 5.75 Å². The highest BCUT2D eigenvalue weighted by Gasteiger charge is 2.29. The van der Waals surface area contributed by atoms with Gasteiger partial charge >= 0.3 is 0 Å². The summed E-state index contributed by atoms with van der Waals surface area (Å²) in [5.41, 5.74) is 11.4. The summed E-state index contributed by atoms with van der Waals surface area (Å²) >= 11 is 5.98. The number of nitrogens with two attached hydrogens (primary N) is 1. The fourth-order valence-electron chi connectivity index (χ4n) is 4.27. The number of imidazole rings is 1. The third-order valence-corrected chi connectivity index (χ3v) is 6.15. The number of anilines is 3. The van der Waals surface area contributed by atoms with Gasteiger partial charge in [-0.15, -0.1) is 0 Å². The molecule has 0 fully saturated rings. The minimum Gasteiger partial charge on any atom is -0.494 e. The maximum Gasteiger partial charge on any atom is 0.231 e. The normalized spacial score (nSPS) is 14.9. The van der Waals surface area contributed by atoms with Crippen LogP contribution in [0.25, 0.3) is 5.69 Å². The van der Waals surface area contributed by atoms with Gasteiger partial charge in [0.05, 0.1) is 18.5 Å². The Morgan fingerprint density at radius 3 is 2.69 bits per heavy atom. The van der Waals surface area contributed by atoms with Crippen molar-refractivity contribution in [2.45, 2.75) is 18.8 Å². The molecule has 4 aromatic rings. The Morgan fingerprint density at radius 2 is 1.97 bits per heavy atom. The lowest BCUT2D eigenvalue weighted by Crippen LogP contribution is -2.16. The van der Waals surface area contributed by atoms with Crippen molar-refractivity contribution in [3.63, 3.8) is 0 Å². The molecule has 0 unspecified atom stereocenters. The molecular weight excluding hydrogens is 424 g/mol. The molecule has 5 rings (SSSR count). The van der Waals surface area contributed by atoms with E-state index in [0.717, 1.165) is 35.5 Å². The van der Waals surface area contributed by atoms with Crippen molar-refractivity contribution in [1.82, 2.24) is 19.5 Å². The third-order valence-electron chi connectivity index (χ3n) is 5.95. The summed E-state index contributed by atoms with van der Waals surface area (Å²) in [7, 11) is 3.56. The van der Waals surface area contributed by atoms with E-state index < -0.39 is 0 Å². The molecule has 0 spiro atoms. The van der Waals surface area contributed by atoms with Gasteiger partial charge in [-0.2, -0.15) is 4.98 Å². The van der Waals surface area contributed by atoms with Crippen LogP contribution >= 0.6 is 11.6 Å². The first-order valence-electron chi connectivity index (χ1n) is 10.4. The molecule has 1 atom stereocenters. The summed E-state index contributed by atoms with van der Waals surface area (Å²) in [6.45, 7) is 0. The zero-order valence-electron chi connectivity index (χ0n) is 17.9. The molecule has 7 nitrogen and oxygen atoms in total. The van der Waals surface area contributed by atoms with Crippen LogP contribution in [0.15, 0.2) is 61.1 Å². The maximum absolute atomic E-state index is 6.36. The van der Waals surface area contributed by atoms with E-state index in [1.165, 1.54) is 5.56 Å². The number of methoxy groups -OCH3 is 1. The average Bonchev–Trinajstić information content (AvgIpc) is 3.45. The van der Waals surface area contributed by atoms with E-state index in [1.54, 1.807) is 19.6 Å². The molecule has 0 aliphatic heterocycles. The minimum atomic E-state index is 0.228. The highest BCUT2D eigenvalue weighted by atomic mass is 35.5. The zero-order valence-corrected chi connectivity index (χ0v) is 18.6. The Morgan fingerprint density at radius 1 is 1.16 bits per heavy atom. The van der Waals surface area contributed by atoms with Crippen LogP contribution in [0, 0.1) is 0 Å². The van der Waals surface area contributed by atoms with E-state index in [1.807, 2.05) is 40.8 Å². The Hall–Kier alpha value is -3.58. The molecule has 2 heterocycles. The first-order valence-corrected chi connectivity index (χ1v) is 10.8. The van der Waals surface area contributed by atoms with Gasteiger partial charge in [0.1, 0.15) is 23.0 Å². The minimum absolute atomic E-state index is 0.228. The van der Waals surface area contributed by atoms with Crippen molar-refractivity contribution in [3.8, 4) is 11.4 Å². The van der Waals surface area contributed by atoms with Crippen LogP contribution in [0.1, 0.15) is 29.2 Å². The number of ether oxygens (including phenoxy) is 1. The number of nitrogen functional groups attached to an aromatic ring is 1. The Balaban J connectivity index is 1.51. The number of nitrogens with zero attached hydrogens (tertiary/aromatic N) is 5. The number of aromatic nitrogens is 4. The number of rotatable bonds is 5. The zero-order chi connectivity index (χ0) is 22.2. The number of hydrogen-bond acceptors (Lipinski definition) is 6. The topological polar surface area (TPSA) is 82.1 Å². The van der Waals surface area contributed by atoms with E-state index in [0.29, 0.717) is 22.7 Å². The third kappa shape index (κ3) is 3.54. The fraction of sp³-hybridized carbons (Fsp3) is 0.208. The van der Waals surface area contributed by atoms with Gasteiger partial charge in [-0.05, 0) is 30.5 Å². The molecule has 0 saturated heterocycles. The van der Waals surface area contributed by atoms with Crippen molar-refractivity contribution in [3.05, 3.63) is 83.0 Å². The van der Waals surface area contributed by atoms with E-state index in [9.17, 15) is 0 Å². The second-order valence-corrected chi connectivity index (χ2v) is 8.18. The second-order valence-electron chi connectivity index (χ2n) is 7.79. The van der Waals surface area contributed by atoms with Crippen molar-refractivity contribution < 1.29 is 4.74 Å². The van der Waals surface area contributed by atoms with Crippen molar-refractivity contribution >= 4 is 29.1 Å². The van der Waals surface area contributed by atoms with Gasteiger partial charge < -0.3 is 19.9 Å².